The molecule has 0 aliphatic rings. The maximum absolute atomic E-state index is 11.2. The fourth-order valence-corrected chi connectivity index (χ4v) is 2.08. The second-order valence-corrected chi connectivity index (χ2v) is 5.92. The van der Waals surface area contributed by atoms with Crippen LogP contribution in [0.2, 0.25) is 0 Å². The average Bonchev–Trinajstić information content (AvgIpc) is 2.13. The van der Waals surface area contributed by atoms with Crippen LogP contribution in [0.15, 0.2) is 0 Å². The highest BCUT2D eigenvalue weighted by Crippen LogP contribution is 2.24. The molecule has 1 unspecified atom stereocenters. The molecule has 96 valence electrons. The summed E-state index contributed by atoms with van der Waals surface area (Å²) in [6.07, 6.45) is 1.75. The van der Waals surface area contributed by atoms with Crippen LogP contribution in [0.3, 0.4) is 0 Å². The van der Waals surface area contributed by atoms with E-state index in [2.05, 4.69) is 45.3 Å². The van der Waals surface area contributed by atoms with E-state index in [9.17, 15) is 4.79 Å². The van der Waals surface area contributed by atoms with Gasteiger partial charge in [-0.1, -0.05) is 27.7 Å². The summed E-state index contributed by atoms with van der Waals surface area (Å²) in [4.78, 5) is 11.2. The minimum atomic E-state index is 0.0988. The molecule has 0 aliphatic carbocycles. The molecule has 0 heterocycles. The van der Waals surface area contributed by atoms with Crippen LogP contribution in [0.5, 0.6) is 0 Å². The highest BCUT2D eigenvalue weighted by Gasteiger charge is 2.20. The summed E-state index contributed by atoms with van der Waals surface area (Å²) in [5, 5.41) is 6.08. The molecule has 16 heavy (non-hydrogen) atoms. The van der Waals surface area contributed by atoms with E-state index in [0.717, 1.165) is 6.54 Å². The lowest BCUT2D eigenvalue weighted by Crippen LogP contribution is -2.38. The Balaban J connectivity index is 3.89. The molecule has 1 atom stereocenters. The first kappa shape index (κ1) is 15.4. The summed E-state index contributed by atoms with van der Waals surface area (Å²) in [5.41, 5.74) is 0.297. The Kier molecular flexibility index (Phi) is 6.65. The molecule has 0 aromatic rings. The van der Waals surface area contributed by atoms with Gasteiger partial charge in [-0.15, -0.1) is 0 Å². The summed E-state index contributed by atoms with van der Waals surface area (Å²) < 4.78 is 0. The van der Waals surface area contributed by atoms with Crippen molar-refractivity contribution < 1.29 is 4.79 Å². The molecule has 0 fully saturated rings. The van der Waals surface area contributed by atoms with Gasteiger partial charge in [0.25, 0.3) is 0 Å². The standard InChI is InChI=1S/C13H28N2O/c1-10(2)8-13(4,5)9-15-11(3)7-12(16)14-6/h10-11,15H,7-9H2,1-6H3,(H,14,16). The van der Waals surface area contributed by atoms with Crippen LogP contribution in [0, 0.1) is 11.3 Å². The third-order valence-corrected chi connectivity index (χ3v) is 2.66. The van der Waals surface area contributed by atoms with E-state index in [0.29, 0.717) is 17.8 Å². The molecule has 0 radical (unpaired) electrons. The van der Waals surface area contributed by atoms with Crippen molar-refractivity contribution in [2.45, 2.75) is 53.5 Å². The van der Waals surface area contributed by atoms with Crippen molar-refractivity contribution in [1.82, 2.24) is 10.6 Å². The molecule has 0 aromatic carbocycles. The van der Waals surface area contributed by atoms with E-state index >= 15 is 0 Å². The van der Waals surface area contributed by atoms with E-state index in [1.54, 1.807) is 7.05 Å². The van der Waals surface area contributed by atoms with Gasteiger partial charge in [0.1, 0.15) is 0 Å². The second-order valence-electron chi connectivity index (χ2n) is 5.92. The first-order valence-electron chi connectivity index (χ1n) is 6.21. The highest BCUT2D eigenvalue weighted by atomic mass is 16.1. The van der Waals surface area contributed by atoms with Crippen LogP contribution >= 0.6 is 0 Å². The van der Waals surface area contributed by atoms with Crippen molar-refractivity contribution in [3.05, 3.63) is 0 Å². The number of rotatable bonds is 7. The van der Waals surface area contributed by atoms with Gasteiger partial charge in [-0.05, 0) is 24.7 Å². The van der Waals surface area contributed by atoms with Crippen LogP contribution < -0.4 is 10.6 Å². The maximum atomic E-state index is 11.2. The molecule has 3 heteroatoms. The molecule has 0 rings (SSSR count). The molecule has 0 saturated heterocycles. The Morgan fingerprint density at radius 3 is 2.25 bits per heavy atom. The Hall–Kier alpha value is -0.570. The number of nitrogens with one attached hydrogen (secondary N) is 2. The molecule has 0 saturated carbocycles. The first-order valence-corrected chi connectivity index (χ1v) is 6.21. The number of amides is 1. The molecule has 0 bridgehead atoms. The van der Waals surface area contributed by atoms with Crippen LogP contribution in [-0.4, -0.2) is 25.5 Å². The lowest BCUT2D eigenvalue weighted by Gasteiger charge is -2.28. The summed E-state index contributed by atoms with van der Waals surface area (Å²) in [6, 6.07) is 0.242. The van der Waals surface area contributed by atoms with Crippen LogP contribution in [0.1, 0.15) is 47.5 Å². The minimum absolute atomic E-state index is 0.0988. The van der Waals surface area contributed by atoms with E-state index in [4.69, 9.17) is 0 Å². The van der Waals surface area contributed by atoms with Gasteiger partial charge in [-0.25, -0.2) is 0 Å². The fraction of sp³-hybridized carbons (Fsp3) is 0.923. The van der Waals surface area contributed by atoms with Gasteiger partial charge in [-0.3, -0.25) is 4.79 Å². The topological polar surface area (TPSA) is 41.1 Å². The molecule has 0 aromatic heterocycles. The van der Waals surface area contributed by atoms with Crippen molar-refractivity contribution in [1.29, 1.82) is 0 Å². The fourth-order valence-electron chi connectivity index (χ4n) is 2.08. The van der Waals surface area contributed by atoms with Crippen molar-refractivity contribution in [3.63, 3.8) is 0 Å². The molecule has 3 nitrogen and oxygen atoms in total. The van der Waals surface area contributed by atoms with Gasteiger partial charge >= 0.3 is 0 Å². The summed E-state index contributed by atoms with van der Waals surface area (Å²) >= 11 is 0. The Labute approximate surface area is 100 Å². The normalized spacial score (nSPS) is 13.9. The van der Waals surface area contributed by atoms with Gasteiger partial charge in [-0.2, -0.15) is 0 Å². The molecular formula is C13H28N2O. The Bertz CT molecular complexity index is 212. The van der Waals surface area contributed by atoms with Crippen LogP contribution in [-0.2, 0) is 4.79 Å². The molecule has 1 amide bonds. The van der Waals surface area contributed by atoms with Crippen molar-refractivity contribution in [3.8, 4) is 0 Å². The van der Waals surface area contributed by atoms with Crippen LogP contribution in [0.4, 0.5) is 0 Å². The average molecular weight is 228 g/mol. The zero-order valence-electron chi connectivity index (χ0n) is 11.7. The van der Waals surface area contributed by atoms with E-state index in [-0.39, 0.29) is 11.9 Å². The highest BCUT2D eigenvalue weighted by molar-refractivity contribution is 5.76. The Morgan fingerprint density at radius 2 is 1.81 bits per heavy atom. The number of hydrogen-bond acceptors (Lipinski definition) is 2. The van der Waals surface area contributed by atoms with Gasteiger partial charge in [0.2, 0.25) is 5.91 Å². The monoisotopic (exact) mass is 228 g/mol. The van der Waals surface area contributed by atoms with Gasteiger partial charge in [0, 0.05) is 26.1 Å². The zero-order chi connectivity index (χ0) is 12.8. The smallest absolute Gasteiger partial charge is 0.221 e. The van der Waals surface area contributed by atoms with Gasteiger partial charge in [0.05, 0.1) is 0 Å². The van der Waals surface area contributed by atoms with Crippen molar-refractivity contribution in [2.24, 2.45) is 11.3 Å². The van der Waals surface area contributed by atoms with E-state index in [1.807, 2.05) is 0 Å². The van der Waals surface area contributed by atoms with Gasteiger partial charge < -0.3 is 10.6 Å². The molecule has 0 spiro atoms. The summed E-state index contributed by atoms with van der Waals surface area (Å²) in [6.45, 7) is 12.1. The van der Waals surface area contributed by atoms with Crippen molar-refractivity contribution >= 4 is 5.91 Å². The largest absolute Gasteiger partial charge is 0.359 e. The predicted octanol–water partition coefficient (Wildman–Crippen LogP) is 2.17. The van der Waals surface area contributed by atoms with Crippen LogP contribution in [0.25, 0.3) is 0 Å². The van der Waals surface area contributed by atoms with E-state index < -0.39 is 0 Å². The lowest BCUT2D eigenvalue weighted by atomic mass is 9.84. The summed E-state index contributed by atoms with van der Waals surface area (Å²) in [7, 11) is 1.68. The molecular weight excluding hydrogens is 200 g/mol. The number of carbonyl (C=O) groups is 1. The predicted molar refractivity (Wildman–Crippen MR) is 69.4 cm³/mol. The van der Waals surface area contributed by atoms with Gasteiger partial charge in [0.15, 0.2) is 0 Å². The minimum Gasteiger partial charge on any atom is -0.359 e. The quantitative estimate of drug-likeness (QED) is 0.701. The first-order chi connectivity index (χ1) is 7.26. The third-order valence-electron chi connectivity index (χ3n) is 2.66. The molecule has 2 N–H and O–H groups in total. The molecule has 0 aliphatic heterocycles. The third kappa shape index (κ3) is 7.69. The number of carbonyl (C=O) groups excluding carboxylic acids is 1. The SMILES string of the molecule is CNC(=O)CC(C)NCC(C)(C)CC(C)C. The van der Waals surface area contributed by atoms with Crippen molar-refractivity contribution in [2.75, 3.05) is 13.6 Å². The maximum Gasteiger partial charge on any atom is 0.221 e. The van der Waals surface area contributed by atoms with E-state index in [1.165, 1.54) is 6.42 Å². The lowest BCUT2D eigenvalue weighted by molar-refractivity contribution is -0.121. The second kappa shape index (κ2) is 6.89. The number of hydrogen-bond donors (Lipinski definition) is 2. The summed E-state index contributed by atoms with van der Waals surface area (Å²) in [5.74, 6) is 0.813. The zero-order valence-corrected chi connectivity index (χ0v) is 11.7. The Morgan fingerprint density at radius 1 is 1.25 bits per heavy atom.